The van der Waals surface area contributed by atoms with Crippen LogP contribution in [0.4, 0.5) is 0 Å². The van der Waals surface area contributed by atoms with Gasteiger partial charge in [0.05, 0.1) is 6.10 Å². The van der Waals surface area contributed by atoms with Crippen molar-refractivity contribution in [3.8, 4) is 5.75 Å². The topological polar surface area (TPSA) is 40.5 Å². The lowest BCUT2D eigenvalue weighted by atomic mass is 9.72. The summed E-state index contributed by atoms with van der Waals surface area (Å²) in [6, 6.07) is 5.83. The Morgan fingerprint density at radius 1 is 1.16 bits per heavy atom. The second-order valence-electron chi connectivity index (χ2n) is 5.99. The van der Waals surface area contributed by atoms with E-state index in [0.29, 0.717) is 12.2 Å². The van der Waals surface area contributed by atoms with E-state index >= 15 is 0 Å². The van der Waals surface area contributed by atoms with Gasteiger partial charge in [0, 0.05) is 11.0 Å². The maximum atomic E-state index is 10.4. The zero-order chi connectivity index (χ0) is 13.0. The fourth-order valence-corrected chi connectivity index (χ4v) is 4.43. The molecule has 0 bridgehead atoms. The second kappa shape index (κ2) is 3.73. The van der Waals surface area contributed by atoms with Crippen molar-refractivity contribution < 1.29 is 10.2 Å². The van der Waals surface area contributed by atoms with Crippen LogP contribution in [-0.4, -0.2) is 16.3 Å². The average molecular weight is 254 g/mol. The molecule has 0 fully saturated rings. The van der Waals surface area contributed by atoms with E-state index in [1.165, 1.54) is 16.7 Å². The molecule has 0 aromatic heterocycles. The first kappa shape index (κ1) is 11.3. The molecule has 0 heterocycles. The van der Waals surface area contributed by atoms with Crippen molar-refractivity contribution in [2.75, 3.05) is 0 Å². The first-order valence-corrected chi connectivity index (χ1v) is 7.12. The lowest BCUT2D eigenvalue weighted by Crippen LogP contribution is -2.30. The first-order valence-electron chi connectivity index (χ1n) is 7.12. The van der Waals surface area contributed by atoms with Crippen LogP contribution in [0.1, 0.15) is 36.8 Å². The van der Waals surface area contributed by atoms with Crippen LogP contribution in [0.25, 0.3) is 0 Å². The molecule has 0 saturated heterocycles. The van der Waals surface area contributed by atoms with Crippen LogP contribution in [0.5, 0.6) is 5.75 Å². The van der Waals surface area contributed by atoms with E-state index in [1.54, 1.807) is 6.07 Å². The SMILES string of the molecule is Oc1cccc2c1[C@]1(CCC3=C1C(O)CC=C3)CC2. The Balaban J connectivity index is 1.95. The molecule has 0 amide bonds. The Morgan fingerprint density at radius 3 is 2.89 bits per heavy atom. The van der Waals surface area contributed by atoms with Gasteiger partial charge < -0.3 is 10.2 Å². The molecule has 1 unspecified atom stereocenters. The number of fused-ring (bicyclic) bond motifs is 3. The van der Waals surface area contributed by atoms with Crippen LogP contribution in [0.2, 0.25) is 0 Å². The van der Waals surface area contributed by atoms with Crippen molar-refractivity contribution >= 4 is 0 Å². The monoisotopic (exact) mass is 254 g/mol. The molecule has 3 aliphatic carbocycles. The summed E-state index contributed by atoms with van der Waals surface area (Å²) >= 11 is 0. The fourth-order valence-electron chi connectivity index (χ4n) is 4.43. The number of phenolic OH excluding ortho intramolecular Hbond substituents is 1. The molecular formula is C17H18O2. The molecule has 1 spiro atoms. The predicted molar refractivity (Wildman–Crippen MR) is 74.1 cm³/mol. The van der Waals surface area contributed by atoms with E-state index < -0.39 is 0 Å². The number of aryl methyl sites for hydroxylation is 1. The third-order valence-electron chi connectivity index (χ3n) is 5.12. The number of rotatable bonds is 0. The van der Waals surface area contributed by atoms with Crippen molar-refractivity contribution in [3.63, 3.8) is 0 Å². The highest BCUT2D eigenvalue weighted by Crippen LogP contribution is 2.57. The predicted octanol–water partition coefficient (Wildman–Crippen LogP) is 2.99. The molecule has 2 N–H and O–H groups in total. The Bertz CT molecular complexity index is 612. The van der Waals surface area contributed by atoms with E-state index in [2.05, 4.69) is 18.2 Å². The molecule has 19 heavy (non-hydrogen) atoms. The minimum atomic E-state index is -0.368. The molecule has 0 aliphatic heterocycles. The van der Waals surface area contributed by atoms with Gasteiger partial charge in [-0.1, -0.05) is 24.3 Å². The molecule has 0 saturated carbocycles. The largest absolute Gasteiger partial charge is 0.508 e. The average Bonchev–Trinajstić information content (AvgIpc) is 2.96. The van der Waals surface area contributed by atoms with Crippen LogP contribution in [-0.2, 0) is 11.8 Å². The number of aromatic hydroxyl groups is 1. The highest BCUT2D eigenvalue weighted by atomic mass is 16.3. The normalized spacial score (nSPS) is 31.9. The summed E-state index contributed by atoms with van der Waals surface area (Å²) in [7, 11) is 0. The van der Waals surface area contributed by atoms with Crippen molar-refractivity contribution in [2.24, 2.45) is 0 Å². The quantitative estimate of drug-likeness (QED) is 0.747. The van der Waals surface area contributed by atoms with Crippen molar-refractivity contribution in [1.29, 1.82) is 0 Å². The van der Waals surface area contributed by atoms with Crippen LogP contribution < -0.4 is 0 Å². The lowest BCUT2D eigenvalue weighted by Gasteiger charge is -2.33. The first-order chi connectivity index (χ1) is 9.22. The van der Waals surface area contributed by atoms with Crippen LogP contribution in [0, 0.1) is 0 Å². The molecular weight excluding hydrogens is 236 g/mol. The van der Waals surface area contributed by atoms with Gasteiger partial charge in [-0.25, -0.2) is 0 Å². The van der Waals surface area contributed by atoms with E-state index in [1.807, 2.05) is 6.07 Å². The number of aliphatic hydroxyl groups excluding tert-OH is 1. The number of hydrogen-bond acceptors (Lipinski definition) is 2. The Labute approximate surface area is 113 Å². The van der Waals surface area contributed by atoms with Gasteiger partial charge in [-0.3, -0.25) is 0 Å². The van der Waals surface area contributed by atoms with Gasteiger partial charge in [0.1, 0.15) is 5.75 Å². The smallest absolute Gasteiger partial charge is 0.119 e. The van der Waals surface area contributed by atoms with Crippen LogP contribution in [0.15, 0.2) is 41.5 Å². The van der Waals surface area contributed by atoms with Gasteiger partial charge >= 0.3 is 0 Å². The van der Waals surface area contributed by atoms with Gasteiger partial charge in [-0.05, 0) is 54.9 Å². The number of aliphatic hydroxyl groups is 1. The van der Waals surface area contributed by atoms with Crippen LogP contribution >= 0.6 is 0 Å². The third-order valence-corrected chi connectivity index (χ3v) is 5.12. The fraction of sp³-hybridized carbons (Fsp3) is 0.412. The van der Waals surface area contributed by atoms with E-state index in [9.17, 15) is 10.2 Å². The molecule has 2 nitrogen and oxygen atoms in total. The van der Waals surface area contributed by atoms with E-state index in [-0.39, 0.29) is 11.5 Å². The molecule has 4 rings (SSSR count). The highest BCUT2D eigenvalue weighted by molar-refractivity contribution is 5.59. The highest BCUT2D eigenvalue weighted by Gasteiger charge is 2.49. The minimum absolute atomic E-state index is 0.0970. The maximum Gasteiger partial charge on any atom is 0.119 e. The Kier molecular flexibility index (Phi) is 2.22. The van der Waals surface area contributed by atoms with Crippen molar-refractivity contribution in [3.05, 3.63) is 52.6 Å². The number of phenols is 1. The molecule has 2 heteroatoms. The summed E-state index contributed by atoms with van der Waals surface area (Å²) < 4.78 is 0. The molecule has 2 atom stereocenters. The summed E-state index contributed by atoms with van der Waals surface area (Å²) in [5, 5.41) is 20.7. The zero-order valence-electron chi connectivity index (χ0n) is 10.9. The Hall–Kier alpha value is -1.54. The maximum absolute atomic E-state index is 10.4. The molecule has 98 valence electrons. The molecule has 1 aromatic carbocycles. The summed E-state index contributed by atoms with van der Waals surface area (Å²) in [6.45, 7) is 0. The van der Waals surface area contributed by atoms with Gasteiger partial charge in [0.25, 0.3) is 0 Å². The van der Waals surface area contributed by atoms with Crippen molar-refractivity contribution in [2.45, 2.75) is 43.6 Å². The molecule has 3 aliphatic rings. The number of allylic oxidation sites excluding steroid dienone is 2. The third kappa shape index (κ3) is 1.35. The lowest BCUT2D eigenvalue weighted by molar-refractivity contribution is 0.192. The van der Waals surface area contributed by atoms with Gasteiger partial charge in [-0.2, -0.15) is 0 Å². The molecule has 0 radical (unpaired) electrons. The minimum Gasteiger partial charge on any atom is -0.508 e. The van der Waals surface area contributed by atoms with Gasteiger partial charge in [0.2, 0.25) is 0 Å². The molecule has 1 aromatic rings. The standard InChI is InChI=1S/C17H18O2/c18-13-5-1-3-11-7-9-17(15(11)13)10-8-12-4-2-6-14(19)16(12)17/h1-5,14,18-19H,6-10H2/t14?,17-/m1/s1. The summed E-state index contributed by atoms with van der Waals surface area (Å²) in [4.78, 5) is 0. The van der Waals surface area contributed by atoms with Crippen LogP contribution in [0.3, 0.4) is 0 Å². The summed E-state index contributed by atoms with van der Waals surface area (Å²) in [5.74, 6) is 0.408. The summed E-state index contributed by atoms with van der Waals surface area (Å²) in [5.41, 5.74) is 4.75. The summed E-state index contributed by atoms with van der Waals surface area (Å²) in [6.07, 6.45) is 8.69. The van der Waals surface area contributed by atoms with Gasteiger partial charge in [0.15, 0.2) is 0 Å². The van der Waals surface area contributed by atoms with Crippen molar-refractivity contribution in [1.82, 2.24) is 0 Å². The number of benzene rings is 1. The second-order valence-corrected chi connectivity index (χ2v) is 5.99. The van der Waals surface area contributed by atoms with E-state index in [4.69, 9.17) is 0 Å². The zero-order valence-corrected chi connectivity index (χ0v) is 10.9. The number of hydrogen-bond donors (Lipinski definition) is 2. The Morgan fingerprint density at radius 2 is 2.00 bits per heavy atom. The van der Waals surface area contributed by atoms with Gasteiger partial charge in [-0.15, -0.1) is 0 Å². The van der Waals surface area contributed by atoms with E-state index in [0.717, 1.165) is 31.2 Å².